The van der Waals surface area contributed by atoms with Crippen LogP contribution in [-0.4, -0.2) is 24.3 Å². The number of rotatable bonds is 0. The van der Waals surface area contributed by atoms with Gasteiger partial charge in [-0.2, -0.15) is 0 Å². The van der Waals surface area contributed by atoms with Crippen molar-refractivity contribution >= 4 is 0 Å². The van der Waals surface area contributed by atoms with Gasteiger partial charge >= 0.3 is 0 Å². The van der Waals surface area contributed by atoms with E-state index in [0.717, 1.165) is 36.5 Å². The Morgan fingerprint density at radius 2 is 1.81 bits per heavy atom. The summed E-state index contributed by atoms with van der Waals surface area (Å²) >= 11 is 0. The summed E-state index contributed by atoms with van der Waals surface area (Å²) in [5.74, 6) is 3.59. The molecule has 1 saturated heterocycles. The lowest BCUT2D eigenvalue weighted by atomic mass is 9.47. The fourth-order valence-corrected chi connectivity index (χ4v) is 7.18. The highest BCUT2D eigenvalue weighted by atomic mass is 16.3. The molecule has 1 heterocycles. The molecule has 4 fully saturated rings. The lowest BCUT2D eigenvalue weighted by Crippen LogP contribution is -2.50. The zero-order valence-electron chi connectivity index (χ0n) is 13.9. The van der Waals surface area contributed by atoms with Crippen LogP contribution in [0.15, 0.2) is 0 Å². The first kappa shape index (κ1) is 14.5. The Balaban J connectivity index is 1.63. The minimum Gasteiger partial charge on any atom is -0.393 e. The minimum absolute atomic E-state index is 0.0138. The smallest absolute Gasteiger partial charge is 0.0548 e. The van der Waals surface area contributed by atoms with Crippen molar-refractivity contribution in [2.75, 3.05) is 13.1 Å². The van der Waals surface area contributed by atoms with E-state index in [1.54, 1.807) is 0 Å². The summed E-state index contributed by atoms with van der Waals surface area (Å²) in [6.45, 7) is 7.56. The van der Waals surface area contributed by atoms with E-state index in [1.165, 1.54) is 51.6 Å². The van der Waals surface area contributed by atoms with Gasteiger partial charge in [-0.05, 0) is 99.0 Å². The molecule has 4 aliphatic rings. The van der Waals surface area contributed by atoms with E-state index < -0.39 is 0 Å². The number of fused-ring (bicyclic) bond motifs is 5. The molecule has 0 spiro atoms. The first-order chi connectivity index (χ1) is 10.0. The van der Waals surface area contributed by atoms with Gasteiger partial charge in [-0.15, -0.1) is 0 Å². The zero-order chi connectivity index (χ0) is 14.7. The molecule has 0 aromatic carbocycles. The van der Waals surface area contributed by atoms with E-state index in [1.807, 2.05) is 0 Å². The van der Waals surface area contributed by atoms with Crippen LogP contribution in [0.5, 0.6) is 0 Å². The lowest BCUT2D eigenvalue weighted by molar-refractivity contribution is -0.0877. The Hall–Kier alpha value is -0.0800. The lowest BCUT2D eigenvalue weighted by Gasteiger charge is -2.58. The first-order valence-corrected chi connectivity index (χ1v) is 9.42. The Kier molecular flexibility index (Phi) is 3.43. The molecule has 0 aromatic heterocycles. The number of hydrogen-bond acceptors (Lipinski definition) is 2. The van der Waals surface area contributed by atoms with Gasteiger partial charge in [0, 0.05) is 0 Å². The van der Waals surface area contributed by atoms with E-state index in [0.29, 0.717) is 10.8 Å². The maximum absolute atomic E-state index is 10.2. The molecule has 0 unspecified atom stereocenters. The number of aliphatic hydroxyl groups is 1. The number of hydrogen-bond donors (Lipinski definition) is 2. The van der Waals surface area contributed by atoms with Crippen molar-refractivity contribution in [1.82, 2.24) is 5.32 Å². The predicted molar refractivity (Wildman–Crippen MR) is 86.0 cm³/mol. The van der Waals surface area contributed by atoms with Crippen LogP contribution in [0, 0.1) is 34.5 Å². The number of aliphatic hydroxyl groups excluding tert-OH is 1. The molecule has 3 aliphatic carbocycles. The van der Waals surface area contributed by atoms with Crippen molar-refractivity contribution in [3.8, 4) is 0 Å². The second kappa shape index (κ2) is 4.96. The van der Waals surface area contributed by atoms with Gasteiger partial charge in [-0.1, -0.05) is 13.8 Å². The van der Waals surface area contributed by atoms with E-state index in [-0.39, 0.29) is 6.10 Å². The molecule has 0 aromatic rings. The van der Waals surface area contributed by atoms with Crippen molar-refractivity contribution in [1.29, 1.82) is 0 Å². The van der Waals surface area contributed by atoms with Gasteiger partial charge in [0.05, 0.1) is 6.10 Å². The van der Waals surface area contributed by atoms with Crippen molar-refractivity contribution in [2.45, 2.75) is 71.3 Å². The van der Waals surface area contributed by atoms with E-state index >= 15 is 0 Å². The fourth-order valence-electron chi connectivity index (χ4n) is 7.18. The third-order valence-corrected chi connectivity index (χ3v) is 8.32. The van der Waals surface area contributed by atoms with Crippen LogP contribution >= 0.6 is 0 Å². The molecule has 2 nitrogen and oxygen atoms in total. The SMILES string of the molecule is C[C@]12CC[C@@H]3[C@@H](CC[C@@H]4CCNCC[C@@]43C)[C@H]1C[C@H](O)C2. The summed E-state index contributed by atoms with van der Waals surface area (Å²) in [7, 11) is 0. The quantitative estimate of drug-likeness (QED) is 0.715. The van der Waals surface area contributed by atoms with Crippen molar-refractivity contribution in [3.05, 3.63) is 0 Å². The van der Waals surface area contributed by atoms with Gasteiger partial charge in [0.2, 0.25) is 0 Å². The highest BCUT2D eigenvalue weighted by molar-refractivity contribution is 5.07. The third kappa shape index (κ3) is 2.12. The van der Waals surface area contributed by atoms with Gasteiger partial charge < -0.3 is 10.4 Å². The maximum Gasteiger partial charge on any atom is 0.0548 e. The summed E-state index contributed by atoms with van der Waals surface area (Å²) in [4.78, 5) is 0. The molecule has 4 rings (SSSR count). The summed E-state index contributed by atoms with van der Waals surface area (Å²) < 4.78 is 0. The minimum atomic E-state index is -0.0138. The Bertz CT molecular complexity index is 410. The van der Waals surface area contributed by atoms with E-state index in [2.05, 4.69) is 19.2 Å². The zero-order valence-corrected chi connectivity index (χ0v) is 13.9. The van der Waals surface area contributed by atoms with E-state index in [9.17, 15) is 5.11 Å². The average Bonchev–Trinajstić information content (AvgIpc) is 2.62. The van der Waals surface area contributed by atoms with Gasteiger partial charge in [-0.25, -0.2) is 0 Å². The van der Waals surface area contributed by atoms with Gasteiger partial charge in [0.25, 0.3) is 0 Å². The molecule has 1 aliphatic heterocycles. The first-order valence-electron chi connectivity index (χ1n) is 9.42. The van der Waals surface area contributed by atoms with Crippen molar-refractivity contribution in [2.24, 2.45) is 34.5 Å². The molecule has 21 heavy (non-hydrogen) atoms. The summed E-state index contributed by atoms with van der Waals surface area (Å²) in [6, 6.07) is 0. The Morgan fingerprint density at radius 3 is 2.67 bits per heavy atom. The third-order valence-electron chi connectivity index (χ3n) is 8.32. The second-order valence-corrected chi connectivity index (χ2v) is 9.23. The van der Waals surface area contributed by atoms with Crippen LogP contribution in [0.4, 0.5) is 0 Å². The highest BCUT2D eigenvalue weighted by Crippen LogP contribution is 2.65. The van der Waals surface area contributed by atoms with Crippen LogP contribution in [0.3, 0.4) is 0 Å². The largest absolute Gasteiger partial charge is 0.393 e. The summed E-state index contributed by atoms with van der Waals surface area (Å²) in [5.41, 5.74) is 1.02. The average molecular weight is 291 g/mol. The Labute approximate surface area is 130 Å². The van der Waals surface area contributed by atoms with Crippen LogP contribution in [0.1, 0.15) is 65.2 Å². The monoisotopic (exact) mass is 291 g/mol. The molecular formula is C19H33NO. The molecule has 120 valence electrons. The normalized spacial score (nSPS) is 57.0. The van der Waals surface area contributed by atoms with Crippen LogP contribution in [0.25, 0.3) is 0 Å². The predicted octanol–water partition coefficient (Wildman–Crippen LogP) is 3.59. The van der Waals surface area contributed by atoms with Crippen LogP contribution in [0.2, 0.25) is 0 Å². The fraction of sp³-hybridized carbons (Fsp3) is 1.00. The van der Waals surface area contributed by atoms with Crippen molar-refractivity contribution < 1.29 is 5.11 Å². The maximum atomic E-state index is 10.2. The summed E-state index contributed by atoms with van der Waals surface area (Å²) in [5, 5.41) is 13.9. The molecule has 7 atom stereocenters. The second-order valence-electron chi connectivity index (χ2n) is 9.23. The highest BCUT2D eigenvalue weighted by Gasteiger charge is 2.58. The van der Waals surface area contributed by atoms with Crippen LogP contribution < -0.4 is 5.32 Å². The molecule has 2 N–H and O–H groups in total. The van der Waals surface area contributed by atoms with Crippen molar-refractivity contribution in [3.63, 3.8) is 0 Å². The topological polar surface area (TPSA) is 32.3 Å². The van der Waals surface area contributed by atoms with Gasteiger partial charge in [0.15, 0.2) is 0 Å². The van der Waals surface area contributed by atoms with E-state index in [4.69, 9.17) is 0 Å². The molecule has 0 bridgehead atoms. The van der Waals surface area contributed by atoms with Crippen LogP contribution in [-0.2, 0) is 0 Å². The molecular weight excluding hydrogens is 258 g/mol. The van der Waals surface area contributed by atoms with Gasteiger partial charge in [0.1, 0.15) is 0 Å². The number of nitrogens with one attached hydrogen (secondary N) is 1. The standard InChI is InChI=1S/C19H33NO/c1-18-7-5-16-15(17(18)11-14(21)12-18)4-3-13-6-9-20-10-8-19(13,16)2/h13-17,20-21H,3-12H2,1-2H3/t13-,14+,15-,16-,17-,18-,19+/m1/s1. The summed E-state index contributed by atoms with van der Waals surface area (Å²) in [6.07, 6.45) is 10.6. The molecule has 2 heteroatoms. The Morgan fingerprint density at radius 1 is 0.952 bits per heavy atom. The molecule has 3 saturated carbocycles. The van der Waals surface area contributed by atoms with Gasteiger partial charge in [-0.3, -0.25) is 0 Å². The molecule has 0 amide bonds. The molecule has 0 radical (unpaired) electrons.